The predicted octanol–water partition coefficient (Wildman–Crippen LogP) is 3.94. The highest BCUT2D eigenvalue weighted by molar-refractivity contribution is 5.35. The van der Waals surface area contributed by atoms with Crippen LogP contribution < -0.4 is 4.74 Å². The van der Waals surface area contributed by atoms with E-state index in [2.05, 4.69) is 0 Å². The Morgan fingerprint density at radius 3 is 1.79 bits per heavy atom. The van der Waals surface area contributed by atoms with E-state index in [9.17, 15) is 23.4 Å². The van der Waals surface area contributed by atoms with Crippen LogP contribution in [0.5, 0.6) is 5.75 Å². The summed E-state index contributed by atoms with van der Waals surface area (Å²) >= 11 is 0. The second-order valence-electron chi connectivity index (χ2n) is 6.11. The molecular formula is C18H19F3O3. The van der Waals surface area contributed by atoms with Gasteiger partial charge >= 0.3 is 6.18 Å². The minimum absolute atomic E-state index is 0.150. The first kappa shape index (κ1) is 18.3. The van der Waals surface area contributed by atoms with Crippen LogP contribution in [0.4, 0.5) is 13.2 Å². The van der Waals surface area contributed by atoms with Gasteiger partial charge in [-0.05, 0) is 49.2 Å². The van der Waals surface area contributed by atoms with E-state index in [-0.39, 0.29) is 6.61 Å². The SMILES string of the molecule is CC(C)(CO)Oc1ccc(C(O)c2ccc(C(F)(F)F)cc2)cc1. The number of alkyl halides is 3. The van der Waals surface area contributed by atoms with Crippen LogP contribution in [0.1, 0.15) is 36.6 Å². The summed E-state index contributed by atoms with van der Waals surface area (Å²) in [5, 5.41) is 19.5. The fourth-order valence-corrected chi connectivity index (χ4v) is 2.12. The average molecular weight is 340 g/mol. The van der Waals surface area contributed by atoms with Crippen molar-refractivity contribution >= 4 is 0 Å². The molecule has 0 saturated carbocycles. The molecule has 2 aromatic rings. The van der Waals surface area contributed by atoms with Gasteiger partial charge in [0.1, 0.15) is 17.5 Å². The molecule has 6 heteroatoms. The zero-order valence-electron chi connectivity index (χ0n) is 13.3. The van der Waals surface area contributed by atoms with Gasteiger partial charge < -0.3 is 14.9 Å². The summed E-state index contributed by atoms with van der Waals surface area (Å²) in [7, 11) is 0. The predicted molar refractivity (Wildman–Crippen MR) is 83.7 cm³/mol. The lowest BCUT2D eigenvalue weighted by Crippen LogP contribution is -2.32. The second kappa shape index (κ2) is 6.83. The summed E-state index contributed by atoms with van der Waals surface area (Å²) in [4.78, 5) is 0. The first-order valence-corrected chi connectivity index (χ1v) is 7.37. The van der Waals surface area contributed by atoms with Crippen molar-refractivity contribution in [3.05, 3.63) is 65.2 Å². The van der Waals surface area contributed by atoms with Gasteiger partial charge in [-0.25, -0.2) is 0 Å². The molecule has 0 fully saturated rings. The summed E-state index contributed by atoms with van der Waals surface area (Å²) in [6.07, 6.45) is -5.44. The molecule has 0 radical (unpaired) electrons. The third-order valence-electron chi connectivity index (χ3n) is 3.52. The van der Waals surface area contributed by atoms with Crippen LogP contribution in [0.15, 0.2) is 48.5 Å². The number of halogens is 3. The third kappa shape index (κ3) is 4.49. The van der Waals surface area contributed by atoms with Crippen LogP contribution in [-0.2, 0) is 6.18 Å². The van der Waals surface area contributed by atoms with Crippen LogP contribution in [-0.4, -0.2) is 22.4 Å². The molecule has 0 bridgehead atoms. The van der Waals surface area contributed by atoms with Crippen molar-refractivity contribution in [2.75, 3.05) is 6.61 Å². The molecule has 0 spiro atoms. The normalized spacial score (nSPS) is 13.6. The Hall–Kier alpha value is -2.05. The highest BCUT2D eigenvalue weighted by Crippen LogP contribution is 2.31. The number of hydrogen-bond donors (Lipinski definition) is 2. The maximum atomic E-state index is 12.6. The molecule has 1 unspecified atom stereocenters. The van der Waals surface area contributed by atoms with Gasteiger partial charge in [-0.15, -0.1) is 0 Å². The van der Waals surface area contributed by atoms with Crippen LogP contribution in [0.3, 0.4) is 0 Å². The molecule has 2 aromatic carbocycles. The number of aliphatic hydroxyl groups is 2. The average Bonchev–Trinajstić information content (AvgIpc) is 2.54. The number of aliphatic hydroxyl groups excluding tert-OH is 2. The van der Waals surface area contributed by atoms with Gasteiger partial charge in [0.2, 0.25) is 0 Å². The Labute approximate surface area is 138 Å². The van der Waals surface area contributed by atoms with Crippen molar-refractivity contribution in [1.29, 1.82) is 0 Å². The number of ether oxygens (including phenoxy) is 1. The summed E-state index contributed by atoms with van der Waals surface area (Å²) < 4.78 is 43.3. The maximum Gasteiger partial charge on any atom is 0.416 e. The maximum absolute atomic E-state index is 12.6. The smallest absolute Gasteiger partial charge is 0.416 e. The van der Waals surface area contributed by atoms with Crippen LogP contribution in [0.25, 0.3) is 0 Å². The van der Waals surface area contributed by atoms with E-state index < -0.39 is 23.4 Å². The van der Waals surface area contributed by atoms with E-state index >= 15 is 0 Å². The van der Waals surface area contributed by atoms with Crippen molar-refractivity contribution in [3.63, 3.8) is 0 Å². The standard InChI is InChI=1S/C18H19F3O3/c1-17(2,11-22)24-15-9-5-13(6-10-15)16(23)12-3-7-14(8-4-12)18(19,20)21/h3-10,16,22-23H,11H2,1-2H3. The lowest BCUT2D eigenvalue weighted by molar-refractivity contribution is -0.137. The summed E-state index contributed by atoms with van der Waals surface area (Å²) in [6, 6.07) is 10.9. The van der Waals surface area contributed by atoms with Crippen molar-refractivity contribution in [3.8, 4) is 5.75 Å². The molecule has 0 amide bonds. The first-order valence-electron chi connectivity index (χ1n) is 7.37. The van der Waals surface area contributed by atoms with Gasteiger partial charge in [0.25, 0.3) is 0 Å². The van der Waals surface area contributed by atoms with Gasteiger partial charge in [0.05, 0.1) is 12.2 Å². The van der Waals surface area contributed by atoms with Gasteiger partial charge in [0, 0.05) is 0 Å². The second-order valence-corrected chi connectivity index (χ2v) is 6.11. The van der Waals surface area contributed by atoms with Crippen LogP contribution in [0, 0.1) is 0 Å². The molecule has 0 aliphatic rings. The van der Waals surface area contributed by atoms with Crippen molar-refractivity contribution in [2.45, 2.75) is 31.7 Å². The Bertz CT molecular complexity index is 661. The molecule has 3 nitrogen and oxygen atoms in total. The monoisotopic (exact) mass is 340 g/mol. The molecule has 0 aliphatic heterocycles. The Kier molecular flexibility index (Phi) is 5.20. The Morgan fingerprint density at radius 1 is 0.917 bits per heavy atom. The number of rotatable bonds is 5. The molecule has 0 heterocycles. The van der Waals surface area contributed by atoms with E-state index in [4.69, 9.17) is 4.74 Å². The minimum Gasteiger partial charge on any atom is -0.485 e. The number of hydrogen-bond acceptors (Lipinski definition) is 3. The lowest BCUT2D eigenvalue weighted by Gasteiger charge is -2.24. The molecule has 0 saturated heterocycles. The zero-order chi connectivity index (χ0) is 18.0. The van der Waals surface area contributed by atoms with E-state index in [0.717, 1.165) is 12.1 Å². The number of benzene rings is 2. The fourth-order valence-electron chi connectivity index (χ4n) is 2.12. The van der Waals surface area contributed by atoms with Crippen molar-refractivity contribution in [2.24, 2.45) is 0 Å². The van der Waals surface area contributed by atoms with Crippen LogP contribution in [0.2, 0.25) is 0 Å². The van der Waals surface area contributed by atoms with Gasteiger partial charge in [0.15, 0.2) is 0 Å². The minimum atomic E-state index is -4.40. The van der Waals surface area contributed by atoms with Gasteiger partial charge in [-0.2, -0.15) is 13.2 Å². The van der Waals surface area contributed by atoms with Gasteiger partial charge in [-0.3, -0.25) is 0 Å². The first-order chi connectivity index (χ1) is 11.1. The largest absolute Gasteiger partial charge is 0.485 e. The highest BCUT2D eigenvalue weighted by atomic mass is 19.4. The van der Waals surface area contributed by atoms with E-state index in [0.29, 0.717) is 16.9 Å². The summed E-state index contributed by atoms with van der Waals surface area (Å²) in [5.41, 5.74) is -0.585. The quantitative estimate of drug-likeness (QED) is 0.867. The molecule has 1 atom stereocenters. The van der Waals surface area contributed by atoms with E-state index in [1.807, 2.05) is 0 Å². The zero-order valence-corrected chi connectivity index (χ0v) is 13.3. The Balaban J connectivity index is 2.14. The molecule has 2 N–H and O–H groups in total. The molecular weight excluding hydrogens is 321 g/mol. The highest BCUT2D eigenvalue weighted by Gasteiger charge is 2.30. The lowest BCUT2D eigenvalue weighted by atomic mass is 10.00. The molecule has 2 rings (SSSR count). The van der Waals surface area contributed by atoms with E-state index in [1.165, 1.54) is 12.1 Å². The molecule has 24 heavy (non-hydrogen) atoms. The van der Waals surface area contributed by atoms with Crippen LogP contribution >= 0.6 is 0 Å². The molecule has 0 aliphatic carbocycles. The summed E-state index contributed by atoms with van der Waals surface area (Å²) in [5.74, 6) is 0.525. The van der Waals surface area contributed by atoms with E-state index in [1.54, 1.807) is 38.1 Å². The van der Waals surface area contributed by atoms with Gasteiger partial charge in [-0.1, -0.05) is 24.3 Å². The molecule has 0 aromatic heterocycles. The fraction of sp³-hybridized carbons (Fsp3) is 0.333. The summed E-state index contributed by atoms with van der Waals surface area (Å²) in [6.45, 7) is 3.32. The van der Waals surface area contributed by atoms with Crippen molar-refractivity contribution in [1.82, 2.24) is 0 Å². The molecule has 130 valence electrons. The van der Waals surface area contributed by atoms with Crippen molar-refractivity contribution < 1.29 is 28.1 Å². The third-order valence-corrected chi connectivity index (χ3v) is 3.52. The Morgan fingerprint density at radius 2 is 1.38 bits per heavy atom. The topological polar surface area (TPSA) is 49.7 Å².